The lowest BCUT2D eigenvalue weighted by atomic mass is 10.2. The first-order valence-corrected chi connectivity index (χ1v) is 5.79. The van der Waals surface area contributed by atoms with Gasteiger partial charge in [-0.05, 0) is 23.6 Å². The van der Waals surface area contributed by atoms with Crippen molar-refractivity contribution < 1.29 is 9.53 Å². The molecule has 1 aromatic carbocycles. The van der Waals surface area contributed by atoms with Crippen LogP contribution in [0.25, 0.3) is 10.9 Å². The van der Waals surface area contributed by atoms with Crippen molar-refractivity contribution in [3.63, 3.8) is 0 Å². The fourth-order valence-electron chi connectivity index (χ4n) is 2.07. The largest absolute Gasteiger partial charge is 0.442 e. The van der Waals surface area contributed by atoms with Gasteiger partial charge in [-0.2, -0.15) is 0 Å². The molecule has 1 atom stereocenters. The molecule has 2 aromatic rings. The van der Waals surface area contributed by atoms with Gasteiger partial charge in [0, 0.05) is 16.7 Å². The second-order valence-corrected chi connectivity index (χ2v) is 4.52. The minimum Gasteiger partial charge on any atom is -0.442 e. The standard InChI is InChI=1S/C12H11ClN2O2/c13-9-2-1-8-3-4-15(11(8)5-9)7-10-6-14-12(16)17-10/h1-5,10H,6-7H2,(H,14,16). The molecular weight excluding hydrogens is 240 g/mol. The minimum absolute atomic E-state index is 0.114. The summed E-state index contributed by atoms with van der Waals surface area (Å²) in [5.41, 5.74) is 1.06. The number of fused-ring (bicyclic) bond motifs is 1. The molecule has 2 heterocycles. The van der Waals surface area contributed by atoms with Crippen LogP contribution in [0.15, 0.2) is 30.5 Å². The molecule has 1 fully saturated rings. The zero-order valence-corrected chi connectivity index (χ0v) is 9.78. The summed E-state index contributed by atoms with van der Waals surface area (Å²) in [6.07, 6.45) is 1.52. The van der Waals surface area contributed by atoms with Gasteiger partial charge in [0.15, 0.2) is 0 Å². The van der Waals surface area contributed by atoms with Crippen molar-refractivity contribution in [3.8, 4) is 0 Å². The van der Waals surface area contributed by atoms with E-state index in [4.69, 9.17) is 16.3 Å². The number of carbonyl (C=O) groups excluding carboxylic acids is 1. The van der Waals surface area contributed by atoms with Gasteiger partial charge in [0.1, 0.15) is 6.10 Å². The summed E-state index contributed by atoms with van der Waals surface area (Å²) in [6, 6.07) is 7.79. The number of hydrogen-bond acceptors (Lipinski definition) is 2. The molecular formula is C12H11ClN2O2. The molecule has 0 radical (unpaired) electrons. The molecule has 1 saturated heterocycles. The number of nitrogens with one attached hydrogen (secondary N) is 1. The second-order valence-electron chi connectivity index (χ2n) is 4.08. The lowest BCUT2D eigenvalue weighted by Crippen LogP contribution is -2.20. The van der Waals surface area contributed by atoms with Gasteiger partial charge in [0.25, 0.3) is 0 Å². The van der Waals surface area contributed by atoms with E-state index in [0.29, 0.717) is 18.1 Å². The molecule has 5 heteroatoms. The van der Waals surface area contributed by atoms with Crippen molar-refractivity contribution in [2.24, 2.45) is 0 Å². The van der Waals surface area contributed by atoms with Gasteiger partial charge in [-0.25, -0.2) is 4.79 Å². The molecule has 0 saturated carbocycles. The summed E-state index contributed by atoms with van der Waals surface area (Å²) < 4.78 is 7.16. The van der Waals surface area contributed by atoms with E-state index < -0.39 is 0 Å². The number of carbonyl (C=O) groups is 1. The van der Waals surface area contributed by atoms with Gasteiger partial charge >= 0.3 is 6.09 Å². The summed E-state index contributed by atoms with van der Waals surface area (Å²) in [7, 11) is 0. The molecule has 1 aliphatic heterocycles. The SMILES string of the molecule is O=C1NCC(Cn2ccc3ccc(Cl)cc32)O1. The highest BCUT2D eigenvalue weighted by Gasteiger charge is 2.22. The number of ether oxygens (including phenoxy) is 1. The van der Waals surface area contributed by atoms with Gasteiger partial charge < -0.3 is 14.6 Å². The van der Waals surface area contributed by atoms with Crippen molar-refractivity contribution in [1.29, 1.82) is 0 Å². The lowest BCUT2D eigenvalue weighted by Gasteiger charge is -2.10. The molecule has 1 aromatic heterocycles. The van der Waals surface area contributed by atoms with Crippen LogP contribution >= 0.6 is 11.6 Å². The topological polar surface area (TPSA) is 43.3 Å². The molecule has 0 aliphatic carbocycles. The Morgan fingerprint density at radius 1 is 1.47 bits per heavy atom. The monoisotopic (exact) mass is 250 g/mol. The Balaban J connectivity index is 1.90. The third-order valence-corrected chi connectivity index (χ3v) is 3.12. The van der Waals surface area contributed by atoms with Crippen LogP contribution in [0, 0.1) is 0 Å². The Labute approximate surface area is 103 Å². The highest BCUT2D eigenvalue weighted by molar-refractivity contribution is 6.31. The van der Waals surface area contributed by atoms with Crippen LogP contribution in [0.3, 0.4) is 0 Å². The van der Waals surface area contributed by atoms with Crippen LogP contribution in [-0.4, -0.2) is 23.3 Å². The molecule has 88 valence electrons. The summed E-state index contributed by atoms with van der Waals surface area (Å²) >= 11 is 5.98. The van der Waals surface area contributed by atoms with Gasteiger partial charge in [-0.3, -0.25) is 0 Å². The maximum Gasteiger partial charge on any atom is 0.407 e. The van der Waals surface area contributed by atoms with Gasteiger partial charge in [-0.15, -0.1) is 0 Å². The molecule has 3 rings (SSSR count). The van der Waals surface area contributed by atoms with Crippen LogP contribution in [0.4, 0.5) is 4.79 Å². The number of halogens is 1. The van der Waals surface area contributed by atoms with Crippen LogP contribution in [0.5, 0.6) is 0 Å². The maximum atomic E-state index is 10.9. The van der Waals surface area contributed by atoms with Crippen molar-refractivity contribution >= 4 is 28.6 Å². The average Bonchev–Trinajstić information content (AvgIpc) is 2.87. The first-order chi connectivity index (χ1) is 8.22. The molecule has 0 bridgehead atoms. The first kappa shape index (κ1) is 10.5. The summed E-state index contributed by atoms with van der Waals surface area (Å²) in [5.74, 6) is 0. The Morgan fingerprint density at radius 2 is 2.35 bits per heavy atom. The normalized spacial score (nSPS) is 19.4. The van der Waals surface area contributed by atoms with Gasteiger partial charge in [0.2, 0.25) is 0 Å². The van der Waals surface area contributed by atoms with E-state index in [0.717, 1.165) is 10.9 Å². The summed E-state index contributed by atoms with van der Waals surface area (Å²) in [6.45, 7) is 1.20. The van der Waals surface area contributed by atoms with Crippen molar-refractivity contribution in [1.82, 2.24) is 9.88 Å². The number of cyclic esters (lactones) is 1. The number of hydrogen-bond donors (Lipinski definition) is 1. The average molecular weight is 251 g/mol. The Kier molecular flexibility index (Phi) is 2.44. The van der Waals surface area contributed by atoms with Crippen LogP contribution < -0.4 is 5.32 Å². The Hall–Kier alpha value is -1.68. The molecule has 1 aliphatic rings. The number of benzene rings is 1. The number of nitrogens with zero attached hydrogens (tertiary/aromatic N) is 1. The molecule has 0 spiro atoms. The van der Waals surface area contributed by atoms with E-state index in [9.17, 15) is 4.79 Å². The number of amides is 1. The first-order valence-electron chi connectivity index (χ1n) is 5.41. The van der Waals surface area contributed by atoms with E-state index in [1.165, 1.54) is 0 Å². The smallest absolute Gasteiger partial charge is 0.407 e. The van der Waals surface area contributed by atoms with E-state index >= 15 is 0 Å². The molecule has 17 heavy (non-hydrogen) atoms. The predicted octanol–water partition coefficient (Wildman–Crippen LogP) is 2.40. The second kappa shape index (κ2) is 3.96. The van der Waals surface area contributed by atoms with Crippen molar-refractivity contribution in [2.75, 3.05) is 6.54 Å². The fraction of sp³-hybridized carbons (Fsp3) is 0.250. The highest BCUT2D eigenvalue weighted by atomic mass is 35.5. The number of aromatic nitrogens is 1. The third kappa shape index (κ3) is 1.96. The van der Waals surface area contributed by atoms with Crippen LogP contribution in [0.2, 0.25) is 5.02 Å². The summed E-state index contributed by atoms with van der Waals surface area (Å²) in [4.78, 5) is 10.9. The molecule has 4 nitrogen and oxygen atoms in total. The molecule has 1 amide bonds. The minimum atomic E-state index is -0.343. The predicted molar refractivity (Wildman–Crippen MR) is 65.2 cm³/mol. The van der Waals surface area contributed by atoms with Crippen LogP contribution in [0.1, 0.15) is 0 Å². The van der Waals surface area contributed by atoms with Crippen molar-refractivity contribution in [2.45, 2.75) is 12.6 Å². The van der Waals surface area contributed by atoms with E-state index in [1.54, 1.807) is 0 Å². The number of alkyl carbamates (subject to hydrolysis) is 1. The molecule has 1 N–H and O–H groups in total. The third-order valence-electron chi connectivity index (χ3n) is 2.88. The highest BCUT2D eigenvalue weighted by Crippen LogP contribution is 2.21. The Morgan fingerprint density at radius 3 is 3.12 bits per heavy atom. The molecule has 1 unspecified atom stereocenters. The lowest BCUT2D eigenvalue weighted by molar-refractivity contribution is 0.131. The summed E-state index contributed by atoms with van der Waals surface area (Å²) in [5, 5.41) is 4.48. The van der Waals surface area contributed by atoms with E-state index in [2.05, 4.69) is 5.32 Å². The van der Waals surface area contributed by atoms with Crippen molar-refractivity contribution in [3.05, 3.63) is 35.5 Å². The Bertz CT molecular complexity index is 579. The van der Waals surface area contributed by atoms with E-state index in [-0.39, 0.29) is 12.2 Å². The zero-order valence-electron chi connectivity index (χ0n) is 9.02. The van der Waals surface area contributed by atoms with E-state index in [1.807, 2.05) is 35.0 Å². The van der Waals surface area contributed by atoms with Crippen LogP contribution in [-0.2, 0) is 11.3 Å². The van der Waals surface area contributed by atoms with Gasteiger partial charge in [-0.1, -0.05) is 17.7 Å². The number of rotatable bonds is 2. The quantitative estimate of drug-likeness (QED) is 0.890. The zero-order chi connectivity index (χ0) is 11.8. The van der Waals surface area contributed by atoms with Gasteiger partial charge in [0.05, 0.1) is 13.1 Å². The fourth-order valence-corrected chi connectivity index (χ4v) is 2.24. The maximum absolute atomic E-state index is 10.9.